The zero-order chi connectivity index (χ0) is 15.5. The lowest BCUT2D eigenvalue weighted by Gasteiger charge is -2.23. The summed E-state index contributed by atoms with van der Waals surface area (Å²) < 4.78 is 1.81. The second kappa shape index (κ2) is 6.18. The van der Waals surface area contributed by atoms with Crippen molar-refractivity contribution >= 4 is 12.0 Å². The van der Waals surface area contributed by atoms with E-state index < -0.39 is 0 Å². The van der Waals surface area contributed by atoms with Crippen molar-refractivity contribution in [1.82, 2.24) is 14.7 Å². The third kappa shape index (κ3) is 3.27. The SMILES string of the molecule is CC(C1CC1)N(C)C(=O)/C=C/c1cnn(-c2ccccc2)c1. The predicted octanol–water partition coefficient (Wildman–Crippen LogP) is 3.14. The van der Waals surface area contributed by atoms with Gasteiger partial charge in [0.05, 0.1) is 11.9 Å². The number of benzene rings is 1. The highest BCUT2D eigenvalue weighted by atomic mass is 16.2. The van der Waals surface area contributed by atoms with E-state index in [4.69, 9.17) is 0 Å². The molecule has 1 amide bonds. The van der Waals surface area contributed by atoms with Crippen LogP contribution in [-0.4, -0.2) is 33.7 Å². The average molecular weight is 295 g/mol. The van der Waals surface area contributed by atoms with Gasteiger partial charge in [0.25, 0.3) is 0 Å². The Balaban J connectivity index is 1.65. The molecule has 0 bridgehead atoms. The van der Waals surface area contributed by atoms with Crippen LogP contribution in [0.2, 0.25) is 0 Å². The molecule has 0 saturated heterocycles. The van der Waals surface area contributed by atoms with Crippen molar-refractivity contribution in [1.29, 1.82) is 0 Å². The van der Waals surface area contributed by atoms with Crippen LogP contribution < -0.4 is 0 Å². The Labute approximate surface area is 131 Å². The van der Waals surface area contributed by atoms with Crippen LogP contribution in [-0.2, 0) is 4.79 Å². The van der Waals surface area contributed by atoms with Crippen molar-refractivity contribution in [2.24, 2.45) is 5.92 Å². The second-order valence-corrected chi connectivity index (χ2v) is 5.91. The van der Waals surface area contributed by atoms with Gasteiger partial charge >= 0.3 is 0 Å². The minimum absolute atomic E-state index is 0.0480. The molecule has 114 valence electrons. The molecule has 1 aliphatic carbocycles. The van der Waals surface area contributed by atoms with Gasteiger partial charge in [-0.25, -0.2) is 4.68 Å². The van der Waals surface area contributed by atoms with Crippen molar-refractivity contribution in [2.45, 2.75) is 25.8 Å². The molecule has 0 radical (unpaired) electrons. The lowest BCUT2D eigenvalue weighted by molar-refractivity contribution is -0.126. The summed E-state index contributed by atoms with van der Waals surface area (Å²) in [6, 6.07) is 10.2. The fraction of sp³-hybridized carbons (Fsp3) is 0.333. The van der Waals surface area contributed by atoms with Gasteiger partial charge in [-0.05, 0) is 43.9 Å². The molecular weight excluding hydrogens is 274 g/mol. The highest BCUT2D eigenvalue weighted by molar-refractivity contribution is 5.91. The normalized spacial score (nSPS) is 15.9. The molecule has 0 N–H and O–H groups in total. The standard InChI is InChI=1S/C18H21N3O/c1-14(16-9-10-16)20(2)18(22)11-8-15-12-19-21(13-15)17-6-4-3-5-7-17/h3-8,11-14,16H,9-10H2,1-2H3/b11-8+. The summed E-state index contributed by atoms with van der Waals surface area (Å²) in [5.41, 5.74) is 1.93. The number of hydrogen-bond acceptors (Lipinski definition) is 2. The van der Waals surface area contributed by atoms with Crippen LogP contribution in [0.5, 0.6) is 0 Å². The van der Waals surface area contributed by atoms with Crippen molar-refractivity contribution in [2.75, 3.05) is 7.05 Å². The summed E-state index contributed by atoms with van der Waals surface area (Å²) in [6.45, 7) is 2.12. The monoisotopic (exact) mass is 295 g/mol. The van der Waals surface area contributed by atoms with Crippen LogP contribution in [0, 0.1) is 5.92 Å². The molecule has 22 heavy (non-hydrogen) atoms. The summed E-state index contributed by atoms with van der Waals surface area (Å²) in [5, 5.41) is 4.32. The van der Waals surface area contributed by atoms with E-state index in [9.17, 15) is 4.79 Å². The van der Waals surface area contributed by atoms with E-state index >= 15 is 0 Å². The van der Waals surface area contributed by atoms with Gasteiger partial charge in [0.1, 0.15) is 0 Å². The third-order valence-electron chi connectivity index (χ3n) is 4.30. The molecule has 0 aliphatic heterocycles. The van der Waals surface area contributed by atoms with Crippen molar-refractivity contribution < 1.29 is 4.79 Å². The van der Waals surface area contributed by atoms with E-state index in [2.05, 4.69) is 12.0 Å². The molecule has 4 nitrogen and oxygen atoms in total. The van der Waals surface area contributed by atoms with Gasteiger partial charge in [-0.15, -0.1) is 0 Å². The summed E-state index contributed by atoms with van der Waals surface area (Å²) in [5.74, 6) is 0.732. The Morgan fingerprint density at radius 1 is 1.36 bits per heavy atom. The Morgan fingerprint density at radius 2 is 2.09 bits per heavy atom. The molecule has 1 saturated carbocycles. The fourth-order valence-electron chi connectivity index (χ4n) is 2.53. The van der Waals surface area contributed by atoms with E-state index in [1.165, 1.54) is 12.8 Å². The number of hydrogen-bond donors (Lipinski definition) is 0. The van der Waals surface area contributed by atoms with E-state index in [0.29, 0.717) is 12.0 Å². The molecular formula is C18H21N3O. The zero-order valence-electron chi connectivity index (χ0n) is 13.0. The van der Waals surface area contributed by atoms with Crippen LogP contribution in [0.1, 0.15) is 25.3 Å². The molecule has 1 aliphatic rings. The summed E-state index contributed by atoms with van der Waals surface area (Å²) in [4.78, 5) is 14.0. The molecule has 1 aromatic heterocycles. The van der Waals surface area contributed by atoms with Crippen LogP contribution in [0.4, 0.5) is 0 Å². The number of nitrogens with zero attached hydrogens (tertiary/aromatic N) is 3. The second-order valence-electron chi connectivity index (χ2n) is 5.91. The van der Waals surface area contributed by atoms with E-state index in [1.807, 2.05) is 54.6 Å². The number of rotatable bonds is 5. The van der Waals surface area contributed by atoms with Crippen LogP contribution in [0.15, 0.2) is 48.8 Å². The Morgan fingerprint density at radius 3 is 2.77 bits per heavy atom. The maximum Gasteiger partial charge on any atom is 0.246 e. The number of aromatic nitrogens is 2. The fourth-order valence-corrected chi connectivity index (χ4v) is 2.53. The summed E-state index contributed by atoms with van der Waals surface area (Å²) in [6.07, 6.45) is 9.62. The highest BCUT2D eigenvalue weighted by Crippen LogP contribution is 2.34. The van der Waals surface area contributed by atoms with Crippen LogP contribution in [0.3, 0.4) is 0 Å². The number of carbonyl (C=O) groups excluding carboxylic acids is 1. The summed E-state index contributed by atoms with van der Waals surface area (Å²) >= 11 is 0. The Hall–Kier alpha value is -2.36. The van der Waals surface area contributed by atoms with Gasteiger partial charge in [-0.2, -0.15) is 5.10 Å². The molecule has 1 heterocycles. The van der Waals surface area contributed by atoms with Crippen molar-refractivity contribution in [3.8, 4) is 5.69 Å². The van der Waals surface area contributed by atoms with E-state index in [0.717, 1.165) is 11.3 Å². The minimum Gasteiger partial charge on any atom is -0.339 e. The smallest absolute Gasteiger partial charge is 0.246 e. The Kier molecular flexibility index (Phi) is 4.09. The lowest BCUT2D eigenvalue weighted by Crippen LogP contribution is -2.35. The van der Waals surface area contributed by atoms with Gasteiger partial charge in [0, 0.05) is 30.9 Å². The highest BCUT2D eigenvalue weighted by Gasteiger charge is 2.31. The quantitative estimate of drug-likeness (QED) is 0.795. The van der Waals surface area contributed by atoms with Crippen molar-refractivity contribution in [3.05, 3.63) is 54.4 Å². The van der Waals surface area contributed by atoms with Crippen LogP contribution >= 0.6 is 0 Å². The average Bonchev–Trinajstić information content (AvgIpc) is 3.30. The number of amides is 1. The first-order chi connectivity index (χ1) is 10.6. The van der Waals surface area contributed by atoms with Gasteiger partial charge in [-0.1, -0.05) is 18.2 Å². The van der Waals surface area contributed by atoms with Crippen LogP contribution in [0.25, 0.3) is 11.8 Å². The van der Waals surface area contributed by atoms with Gasteiger partial charge in [0.2, 0.25) is 5.91 Å². The topological polar surface area (TPSA) is 38.1 Å². The minimum atomic E-state index is 0.0480. The first-order valence-corrected chi connectivity index (χ1v) is 7.70. The van der Waals surface area contributed by atoms with Gasteiger partial charge in [-0.3, -0.25) is 4.79 Å². The molecule has 1 fully saturated rings. The predicted molar refractivity (Wildman–Crippen MR) is 87.6 cm³/mol. The molecule has 0 spiro atoms. The van der Waals surface area contributed by atoms with E-state index in [-0.39, 0.29) is 5.91 Å². The maximum absolute atomic E-state index is 12.2. The number of carbonyl (C=O) groups is 1. The van der Waals surface area contributed by atoms with Gasteiger partial charge < -0.3 is 4.90 Å². The van der Waals surface area contributed by atoms with E-state index in [1.54, 1.807) is 17.0 Å². The lowest BCUT2D eigenvalue weighted by atomic mass is 10.2. The van der Waals surface area contributed by atoms with Gasteiger partial charge in [0.15, 0.2) is 0 Å². The zero-order valence-corrected chi connectivity index (χ0v) is 13.0. The molecule has 1 atom stereocenters. The molecule has 1 unspecified atom stereocenters. The molecule has 1 aromatic carbocycles. The maximum atomic E-state index is 12.2. The number of para-hydroxylation sites is 1. The largest absolute Gasteiger partial charge is 0.339 e. The third-order valence-corrected chi connectivity index (χ3v) is 4.30. The summed E-state index contributed by atoms with van der Waals surface area (Å²) in [7, 11) is 1.88. The number of likely N-dealkylation sites (N-methyl/N-ethyl adjacent to an activating group) is 1. The molecule has 3 rings (SSSR count). The molecule has 2 aromatic rings. The Bertz CT molecular complexity index is 671. The first-order valence-electron chi connectivity index (χ1n) is 7.70. The first kappa shape index (κ1) is 14.6. The molecule has 4 heteroatoms. The van der Waals surface area contributed by atoms with Crippen molar-refractivity contribution in [3.63, 3.8) is 0 Å².